The average molecular weight is 601 g/mol. The monoisotopic (exact) mass is 601 g/mol. The zero-order valence-electron chi connectivity index (χ0n) is 19.5. The summed E-state index contributed by atoms with van der Waals surface area (Å²) in [5.41, 5.74) is -0.321. The largest absolute Gasteiger partial charge is 0.482 e. The van der Waals surface area contributed by atoms with Gasteiger partial charge in [-0.2, -0.15) is 31.4 Å². The number of nitrogens with one attached hydrogen (secondary N) is 1. The molecule has 0 saturated heterocycles. The maximum atomic E-state index is 13.0. The molecule has 3 rings (SSSR count). The summed E-state index contributed by atoms with van der Waals surface area (Å²) in [5, 5.41) is 0. The van der Waals surface area contributed by atoms with E-state index in [4.69, 9.17) is 9.47 Å². The normalized spacial score (nSPS) is 16.5. The van der Waals surface area contributed by atoms with Gasteiger partial charge in [0.15, 0.2) is 16.6 Å². The van der Waals surface area contributed by atoms with Crippen LogP contribution in [0, 0.1) is 6.07 Å². The summed E-state index contributed by atoms with van der Waals surface area (Å²) in [7, 11) is -4.26. The van der Waals surface area contributed by atoms with Gasteiger partial charge in [0.05, 0.1) is 0 Å². The number of hydrogen-bond donors (Lipinski definition) is 1. The molecule has 1 N–H and O–H groups in total. The Kier molecular flexibility index (Phi) is 9.53. The second kappa shape index (κ2) is 11.4. The summed E-state index contributed by atoms with van der Waals surface area (Å²) >= 11 is 0. The first kappa shape index (κ1) is 29.3. The van der Waals surface area contributed by atoms with Gasteiger partial charge in [0, 0.05) is 25.5 Å². The summed E-state index contributed by atoms with van der Waals surface area (Å²) in [6.45, 7) is 4.94. The summed E-state index contributed by atoms with van der Waals surface area (Å²) in [6.07, 6.45) is -2.16. The first-order valence-corrected chi connectivity index (χ1v) is 12.3. The number of ether oxygens (including phenoxy) is 2. The van der Waals surface area contributed by atoms with Gasteiger partial charge in [0.1, 0.15) is 11.4 Å². The number of alkyl halides is 3. The minimum absolute atomic E-state index is 0. The van der Waals surface area contributed by atoms with E-state index in [0.717, 1.165) is 18.1 Å². The van der Waals surface area contributed by atoms with Gasteiger partial charge in [-0.3, -0.25) is 0 Å². The van der Waals surface area contributed by atoms with E-state index in [9.17, 15) is 26.4 Å². The molecule has 1 radical (unpaired) electrons. The average Bonchev–Trinajstić information content (AvgIpc) is 2.93. The molecule has 0 aromatic heterocycles. The molecule has 2 aromatic rings. The Labute approximate surface area is 216 Å². The van der Waals surface area contributed by atoms with Crippen LogP contribution in [0.2, 0.25) is 0 Å². The molecule has 0 fully saturated rings. The van der Waals surface area contributed by atoms with Crippen molar-refractivity contribution in [2.24, 2.45) is 0 Å². The van der Waals surface area contributed by atoms with Gasteiger partial charge in [0.2, 0.25) is 0 Å². The Morgan fingerprint density at radius 1 is 1.17 bits per heavy atom. The van der Waals surface area contributed by atoms with Gasteiger partial charge >= 0.3 is 12.1 Å². The van der Waals surface area contributed by atoms with Crippen LogP contribution in [-0.4, -0.2) is 26.6 Å². The minimum atomic E-state index is -4.68. The molecule has 35 heavy (non-hydrogen) atoms. The summed E-state index contributed by atoms with van der Waals surface area (Å²) in [5.74, 6) is -0.0846. The van der Waals surface area contributed by atoms with Gasteiger partial charge in [0.25, 0.3) is 0 Å². The molecule has 6 nitrogen and oxygen atoms in total. The molecule has 0 heterocycles. The summed E-state index contributed by atoms with van der Waals surface area (Å²) in [4.78, 5) is 11.5. The van der Waals surface area contributed by atoms with Gasteiger partial charge in [-0.15, -0.1) is 6.07 Å². The Hall–Kier alpha value is -1.97. The number of esters is 1. The van der Waals surface area contributed by atoms with Crippen molar-refractivity contribution in [2.75, 3.05) is 6.61 Å². The Bertz CT molecular complexity index is 1150. The summed E-state index contributed by atoms with van der Waals surface area (Å²) < 4.78 is 78.5. The van der Waals surface area contributed by atoms with Crippen molar-refractivity contribution in [1.82, 2.24) is 4.72 Å². The van der Waals surface area contributed by atoms with E-state index in [2.05, 4.69) is 10.8 Å². The Morgan fingerprint density at radius 2 is 1.89 bits per heavy atom. The van der Waals surface area contributed by atoms with Crippen molar-refractivity contribution in [1.29, 1.82) is 0 Å². The van der Waals surface area contributed by atoms with Crippen LogP contribution in [-0.2, 0) is 51.6 Å². The molecule has 1 aliphatic rings. The van der Waals surface area contributed by atoms with Crippen LogP contribution in [0.25, 0.3) is 0 Å². The van der Waals surface area contributed by atoms with Crippen LogP contribution in [0.4, 0.5) is 13.2 Å². The number of carbonyl (C=O) groups is 1. The Morgan fingerprint density at radius 3 is 2.54 bits per heavy atom. The fourth-order valence-electron chi connectivity index (χ4n) is 3.77. The molecule has 0 aliphatic heterocycles. The number of halogens is 3. The van der Waals surface area contributed by atoms with E-state index in [1.807, 2.05) is 0 Å². The quantitative estimate of drug-likeness (QED) is 0.219. The van der Waals surface area contributed by atoms with Crippen LogP contribution in [0.5, 0.6) is 5.75 Å². The first-order chi connectivity index (χ1) is 15.8. The van der Waals surface area contributed by atoms with E-state index in [1.165, 1.54) is 0 Å². The van der Waals surface area contributed by atoms with E-state index in [-0.39, 0.29) is 26.1 Å². The predicted molar refractivity (Wildman–Crippen MR) is 119 cm³/mol. The van der Waals surface area contributed by atoms with Crippen molar-refractivity contribution in [3.63, 3.8) is 0 Å². The molecule has 0 bridgehead atoms. The van der Waals surface area contributed by atoms with Crippen molar-refractivity contribution >= 4 is 16.0 Å². The molecule has 0 saturated carbocycles. The molecule has 1 atom stereocenters. The third-order valence-corrected chi connectivity index (χ3v) is 6.63. The number of hydrogen-bond acceptors (Lipinski definition) is 5. The molecular formula is C24H27F3NO5RhS-. The van der Waals surface area contributed by atoms with E-state index in [0.29, 0.717) is 42.7 Å². The first-order valence-electron chi connectivity index (χ1n) is 10.8. The third-order valence-electron chi connectivity index (χ3n) is 5.18. The van der Waals surface area contributed by atoms with E-state index >= 15 is 0 Å². The second-order valence-corrected chi connectivity index (χ2v) is 10.8. The fraction of sp³-hybridized carbons (Fsp3) is 0.458. The topological polar surface area (TPSA) is 81.7 Å². The van der Waals surface area contributed by atoms with Crippen molar-refractivity contribution < 1.29 is 55.3 Å². The number of rotatable bonds is 6. The van der Waals surface area contributed by atoms with Crippen LogP contribution in [0.15, 0.2) is 41.3 Å². The van der Waals surface area contributed by atoms with Crippen LogP contribution < -0.4 is 9.46 Å². The van der Waals surface area contributed by atoms with Crippen LogP contribution >= 0.6 is 0 Å². The smallest absolute Gasteiger partial charge is 0.370 e. The molecule has 1 unspecified atom stereocenters. The SMILES string of the molecule is CC(C)(C)OC(=O)COc1cccc2c1CCCCC2NS(=O)(=O)c1c[c-]cc(C(F)(F)F)c1.[Rh]. The van der Waals surface area contributed by atoms with Crippen molar-refractivity contribution in [3.8, 4) is 5.75 Å². The van der Waals surface area contributed by atoms with Crippen LogP contribution in [0.3, 0.4) is 0 Å². The third kappa shape index (κ3) is 8.02. The Balaban J connectivity index is 0.00000432. The van der Waals surface area contributed by atoms with Crippen LogP contribution in [0.1, 0.15) is 62.8 Å². The number of carbonyl (C=O) groups excluding carboxylic acids is 1. The maximum absolute atomic E-state index is 13.0. The van der Waals surface area contributed by atoms with Crippen molar-refractivity contribution in [2.45, 2.75) is 69.2 Å². The van der Waals surface area contributed by atoms with Gasteiger partial charge in [-0.25, -0.2) is 17.9 Å². The molecule has 0 spiro atoms. The molecule has 1 aliphatic carbocycles. The van der Waals surface area contributed by atoms with Gasteiger partial charge in [-0.05, 0) is 62.1 Å². The summed E-state index contributed by atoms with van der Waals surface area (Å²) in [6, 6.07) is 9.04. The van der Waals surface area contributed by atoms with E-state index < -0.39 is 44.3 Å². The van der Waals surface area contributed by atoms with Gasteiger partial charge < -0.3 is 9.47 Å². The molecule has 11 heteroatoms. The van der Waals surface area contributed by atoms with Crippen molar-refractivity contribution in [3.05, 3.63) is 59.2 Å². The molecule has 2 aromatic carbocycles. The number of fused-ring (bicyclic) bond motifs is 1. The zero-order chi connectivity index (χ0) is 25.1. The molecular weight excluding hydrogens is 574 g/mol. The standard InChI is InChI=1S/C24H27F3NO5S.Rh/c1-23(2,3)33-22(29)15-32-21-13-7-11-18-19(21)10-4-5-12-20(18)28-34(30,31)17-9-6-8-16(14-17)24(25,26)27;/h7-9,11,13-14,20,28H,4-5,10,12,15H2,1-3H3;/q-1;. The molecule has 0 amide bonds. The van der Waals surface area contributed by atoms with Gasteiger partial charge in [-0.1, -0.05) is 24.1 Å². The number of sulfonamides is 1. The minimum Gasteiger partial charge on any atom is -0.482 e. The molecule has 195 valence electrons. The number of benzene rings is 2. The predicted octanol–water partition coefficient (Wildman–Crippen LogP) is 4.97. The zero-order valence-corrected chi connectivity index (χ0v) is 21.9. The fourth-order valence-corrected chi connectivity index (χ4v) is 5.03. The second-order valence-electron chi connectivity index (χ2n) is 9.07. The van der Waals surface area contributed by atoms with E-state index in [1.54, 1.807) is 39.0 Å². The maximum Gasteiger partial charge on any atom is 0.370 e.